The molecule has 0 saturated carbocycles. The van der Waals surface area contributed by atoms with Crippen molar-refractivity contribution in [2.24, 2.45) is 0 Å². The molecule has 0 saturated heterocycles. The van der Waals surface area contributed by atoms with E-state index >= 15 is 0 Å². The molecule has 0 bridgehead atoms. The Morgan fingerprint density at radius 2 is 2.00 bits per heavy atom. The van der Waals surface area contributed by atoms with E-state index in [-0.39, 0.29) is 28.4 Å². The Morgan fingerprint density at radius 3 is 2.54 bits per heavy atom. The maximum atomic E-state index is 13.1. The fourth-order valence-electron chi connectivity index (χ4n) is 2.16. The summed E-state index contributed by atoms with van der Waals surface area (Å²) in [5.41, 5.74) is -0.548. The molecule has 0 aliphatic heterocycles. The van der Waals surface area contributed by atoms with Gasteiger partial charge in [0.1, 0.15) is 17.3 Å². The van der Waals surface area contributed by atoms with Gasteiger partial charge in [0.05, 0.1) is 12.7 Å². The van der Waals surface area contributed by atoms with E-state index in [1.807, 2.05) is 0 Å². The van der Waals surface area contributed by atoms with Crippen molar-refractivity contribution >= 4 is 12.0 Å². The van der Waals surface area contributed by atoms with E-state index in [1.165, 1.54) is 30.3 Å². The highest BCUT2D eigenvalue weighted by Crippen LogP contribution is 2.39. The summed E-state index contributed by atoms with van der Waals surface area (Å²) in [5.74, 6) is -0.889. The van der Waals surface area contributed by atoms with Crippen LogP contribution in [0.25, 0.3) is 17.4 Å². The van der Waals surface area contributed by atoms with Gasteiger partial charge < -0.3 is 14.3 Å². The number of hydrogen-bond donors (Lipinski definition) is 1. The van der Waals surface area contributed by atoms with E-state index in [0.29, 0.717) is 6.42 Å². The number of aliphatic carboxylic acids is 1. The van der Waals surface area contributed by atoms with Gasteiger partial charge in [-0.25, -0.2) is 4.79 Å². The van der Waals surface area contributed by atoms with Crippen LogP contribution in [0.1, 0.15) is 24.7 Å². The summed E-state index contributed by atoms with van der Waals surface area (Å²) in [6.07, 6.45) is -2.92. The maximum Gasteiger partial charge on any atom is 0.419 e. The van der Waals surface area contributed by atoms with Gasteiger partial charge in [-0.2, -0.15) is 13.2 Å². The van der Waals surface area contributed by atoms with Gasteiger partial charge in [0.25, 0.3) is 0 Å². The molecule has 2 rings (SSSR count). The summed E-state index contributed by atoms with van der Waals surface area (Å²) in [7, 11) is 1.16. The number of rotatable bonds is 5. The maximum absolute atomic E-state index is 13.1. The van der Waals surface area contributed by atoms with Gasteiger partial charge in [-0.05, 0) is 42.8 Å². The average molecular weight is 340 g/mol. The molecule has 0 radical (unpaired) electrons. The number of benzene rings is 1. The van der Waals surface area contributed by atoms with E-state index < -0.39 is 17.7 Å². The molecule has 0 aliphatic rings. The van der Waals surface area contributed by atoms with E-state index in [0.717, 1.165) is 13.2 Å². The Morgan fingerprint density at radius 1 is 1.29 bits per heavy atom. The molecule has 1 N–H and O–H groups in total. The third-order valence-corrected chi connectivity index (χ3v) is 3.39. The van der Waals surface area contributed by atoms with Crippen LogP contribution in [-0.4, -0.2) is 18.2 Å². The van der Waals surface area contributed by atoms with Crippen LogP contribution in [0.3, 0.4) is 0 Å². The van der Waals surface area contributed by atoms with Gasteiger partial charge in [0.2, 0.25) is 0 Å². The summed E-state index contributed by atoms with van der Waals surface area (Å²) >= 11 is 0. The SMILES string of the molecule is CCC(=Cc1ccc(-c2ccc(OC)c(C(F)(F)F)c2)o1)C(=O)O. The number of carbonyl (C=O) groups is 1. The van der Waals surface area contributed by atoms with Gasteiger partial charge in [-0.15, -0.1) is 0 Å². The molecule has 1 aromatic carbocycles. The first kappa shape index (κ1) is 17.7. The number of carboxylic acids is 1. The van der Waals surface area contributed by atoms with Crippen LogP contribution >= 0.6 is 0 Å². The second-order valence-corrected chi connectivity index (χ2v) is 4.94. The van der Waals surface area contributed by atoms with Crippen molar-refractivity contribution in [1.29, 1.82) is 0 Å². The molecule has 0 unspecified atom stereocenters. The van der Waals surface area contributed by atoms with Crippen LogP contribution in [0, 0.1) is 0 Å². The monoisotopic (exact) mass is 340 g/mol. The molecule has 7 heteroatoms. The summed E-state index contributed by atoms with van der Waals surface area (Å²) in [6.45, 7) is 1.68. The van der Waals surface area contributed by atoms with Crippen LogP contribution in [0.5, 0.6) is 5.75 Å². The van der Waals surface area contributed by atoms with E-state index in [1.54, 1.807) is 6.92 Å². The quantitative estimate of drug-likeness (QED) is 0.790. The molecule has 0 aliphatic carbocycles. The molecule has 2 aromatic rings. The minimum atomic E-state index is -4.56. The molecule has 4 nitrogen and oxygen atoms in total. The summed E-state index contributed by atoms with van der Waals surface area (Å²) in [4.78, 5) is 11.0. The van der Waals surface area contributed by atoms with Crippen molar-refractivity contribution in [2.75, 3.05) is 7.11 Å². The third kappa shape index (κ3) is 3.79. The van der Waals surface area contributed by atoms with Crippen LogP contribution in [0.15, 0.2) is 40.3 Å². The van der Waals surface area contributed by atoms with E-state index in [2.05, 4.69) is 0 Å². The molecule has 1 aromatic heterocycles. The van der Waals surface area contributed by atoms with Crippen LogP contribution in [0.2, 0.25) is 0 Å². The van der Waals surface area contributed by atoms with Gasteiger partial charge in [-0.3, -0.25) is 0 Å². The fraction of sp³-hybridized carbons (Fsp3) is 0.235. The minimum absolute atomic E-state index is 0.140. The first-order valence-electron chi connectivity index (χ1n) is 7.05. The molecule has 1 heterocycles. The Bertz CT molecular complexity index is 772. The lowest BCUT2D eigenvalue weighted by Gasteiger charge is -2.12. The second-order valence-electron chi connectivity index (χ2n) is 4.94. The Labute approximate surface area is 136 Å². The number of furan rings is 1. The zero-order valence-electron chi connectivity index (χ0n) is 13.0. The lowest BCUT2D eigenvalue weighted by molar-refractivity contribution is -0.138. The molecule has 24 heavy (non-hydrogen) atoms. The highest BCUT2D eigenvalue weighted by Gasteiger charge is 2.34. The highest BCUT2D eigenvalue weighted by molar-refractivity contribution is 5.91. The van der Waals surface area contributed by atoms with Crippen molar-refractivity contribution in [3.05, 3.63) is 47.2 Å². The van der Waals surface area contributed by atoms with Crippen molar-refractivity contribution in [1.82, 2.24) is 0 Å². The predicted molar refractivity (Wildman–Crippen MR) is 81.6 cm³/mol. The molecular formula is C17H15F3O4. The zero-order valence-corrected chi connectivity index (χ0v) is 13.0. The lowest BCUT2D eigenvalue weighted by Crippen LogP contribution is -2.07. The number of ether oxygens (including phenoxy) is 1. The van der Waals surface area contributed by atoms with Gasteiger partial charge in [-0.1, -0.05) is 6.92 Å². The number of methoxy groups -OCH3 is 1. The number of halogens is 3. The standard InChI is InChI=1S/C17H15F3O4/c1-3-10(16(21)22)8-12-5-7-14(24-12)11-4-6-15(23-2)13(9-11)17(18,19)20/h4-9H,3H2,1-2H3,(H,21,22). The largest absolute Gasteiger partial charge is 0.496 e. The summed E-state index contributed by atoms with van der Waals surface area (Å²) in [5, 5.41) is 8.99. The summed E-state index contributed by atoms with van der Waals surface area (Å²) in [6, 6.07) is 6.58. The fourth-order valence-corrected chi connectivity index (χ4v) is 2.16. The lowest BCUT2D eigenvalue weighted by atomic mass is 10.1. The molecule has 0 fully saturated rings. The normalized spacial score (nSPS) is 12.3. The van der Waals surface area contributed by atoms with Crippen LogP contribution in [-0.2, 0) is 11.0 Å². The number of carboxylic acid groups (broad SMARTS) is 1. The smallest absolute Gasteiger partial charge is 0.419 e. The highest BCUT2D eigenvalue weighted by atomic mass is 19.4. The second kappa shape index (κ2) is 6.82. The molecule has 128 valence electrons. The molecule has 0 atom stereocenters. The van der Waals surface area contributed by atoms with Gasteiger partial charge in [0.15, 0.2) is 0 Å². The Hall–Kier alpha value is -2.70. The summed E-state index contributed by atoms with van der Waals surface area (Å²) < 4.78 is 49.4. The van der Waals surface area contributed by atoms with Crippen molar-refractivity contribution in [3.8, 4) is 17.1 Å². The minimum Gasteiger partial charge on any atom is -0.496 e. The zero-order chi connectivity index (χ0) is 17.9. The predicted octanol–water partition coefficient (Wildman–Crippen LogP) is 4.85. The Kier molecular flexibility index (Phi) is 5.02. The first-order valence-corrected chi connectivity index (χ1v) is 7.05. The molecule has 0 amide bonds. The van der Waals surface area contributed by atoms with Crippen LogP contribution in [0.4, 0.5) is 13.2 Å². The van der Waals surface area contributed by atoms with Crippen molar-refractivity contribution < 1.29 is 32.2 Å². The van der Waals surface area contributed by atoms with E-state index in [4.69, 9.17) is 14.3 Å². The number of alkyl halides is 3. The van der Waals surface area contributed by atoms with Crippen LogP contribution < -0.4 is 4.74 Å². The van der Waals surface area contributed by atoms with Gasteiger partial charge >= 0.3 is 12.1 Å². The molecular weight excluding hydrogens is 325 g/mol. The van der Waals surface area contributed by atoms with E-state index in [9.17, 15) is 18.0 Å². The molecule has 0 spiro atoms. The van der Waals surface area contributed by atoms with Gasteiger partial charge in [0, 0.05) is 11.1 Å². The number of hydrogen-bond acceptors (Lipinski definition) is 3. The third-order valence-electron chi connectivity index (χ3n) is 3.39. The van der Waals surface area contributed by atoms with Crippen molar-refractivity contribution in [3.63, 3.8) is 0 Å². The average Bonchev–Trinajstić information content (AvgIpc) is 2.99. The Balaban J connectivity index is 2.42. The topological polar surface area (TPSA) is 59.7 Å². The first-order chi connectivity index (χ1) is 11.3. The van der Waals surface area contributed by atoms with Crippen molar-refractivity contribution in [2.45, 2.75) is 19.5 Å².